The lowest BCUT2D eigenvalue weighted by Gasteiger charge is -2.47. The number of anilines is 1. The first-order chi connectivity index (χ1) is 30.6. The largest absolute Gasteiger partial charge is 0.465 e. The number of esters is 1. The number of rotatable bonds is 20. The summed E-state index contributed by atoms with van der Waals surface area (Å²) in [5.41, 5.74) is 6.81. The second kappa shape index (κ2) is 21.9. The summed E-state index contributed by atoms with van der Waals surface area (Å²) in [6.45, 7) is 3.68. The lowest BCUT2D eigenvalue weighted by atomic mass is 9.88. The first-order valence-corrected chi connectivity index (χ1v) is 22.1. The van der Waals surface area contributed by atoms with Gasteiger partial charge < -0.3 is 33.7 Å². The van der Waals surface area contributed by atoms with Gasteiger partial charge in [0.15, 0.2) is 0 Å². The average Bonchev–Trinajstić information content (AvgIpc) is 3.73. The molecule has 1 N–H and O–H groups in total. The molecular weight excluding hydrogens is 795 g/mol. The normalized spacial score (nSPS) is 18.7. The molecule has 1 saturated heterocycles. The van der Waals surface area contributed by atoms with E-state index in [1.165, 1.54) is 15.0 Å². The van der Waals surface area contributed by atoms with E-state index in [9.17, 15) is 4.79 Å². The van der Waals surface area contributed by atoms with Crippen LogP contribution in [0.15, 0.2) is 170 Å². The molecule has 7 aromatic rings. The molecular formula is C53H53NO7S. The number of fused-ring (bicyclic) bond motifs is 1. The Kier molecular flexibility index (Phi) is 15.2. The third-order valence-electron chi connectivity index (χ3n) is 10.9. The number of thiophene rings is 1. The zero-order valence-electron chi connectivity index (χ0n) is 35.0. The predicted molar refractivity (Wildman–Crippen MR) is 245 cm³/mol. The lowest BCUT2D eigenvalue weighted by molar-refractivity contribution is -0.275. The van der Waals surface area contributed by atoms with Gasteiger partial charge in [0.05, 0.1) is 39.6 Å². The van der Waals surface area contributed by atoms with Crippen LogP contribution >= 0.6 is 11.3 Å². The van der Waals surface area contributed by atoms with Gasteiger partial charge in [-0.3, -0.25) is 4.79 Å². The van der Waals surface area contributed by atoms with Crippen molar-refractivity contribution in [3.05, 3.63) is 208 Å². The van der Waals surface area contributed by atoms with Gasteiger partial charge in [-0.1, -0.05) is 152 Å². The van der Waals surface area contributed by atoms with Gasteiger partial charge in [0.25, 0.3) is 0 Å². The minimum absolute atomic E-state index is 0.0148. The van der Waals surface area contributed by atoms with Crippen LogP contribution in [-0.2, 0) is 66.1 Å². The quantitative estimate of drug-likeness (QED) is 0.0760. The zero-order valence-corrected chi connectivity index (χ0v) is 35.8. The van der Waals surface area contributed by atoms with Crippen LogP contribution in [0.2, 0.25) is 0 Å². The molecule has 0 radical (unpaired) electrons. The molecule has 8 nitrogen and oxygen atoms in total. The summed E-state index contributed by atoms with van der Waals surface area (Å²) in [4.78, 5) is 14.1. The van der Waals surface area contributed by atoms with Crippen LogP contribution in [-0.4, -0.2) is 50.1 Å². The number of nitrogens with one attached hydrogen (secondary N) is 1. The number of benzene rings is 6. The summed E-state index contributed by atoms with van der Waals surface area (Å²) in [5, 5.41) is 4.63. The van der Waals surface area contributed by atoms with Crippen molar-refractivity contribution >= 4 is 33.1 Å². The lowest BCUT2D eigenvalue weighted by Crippen LogP contribution is -2.58. The Morgan fingerprint density at radius 2 is 1.15 bits per heavy atom. The Morgan fingerprint density at radius 1 is 0.597 bits per heavy atom. The van der Waals surface area contributed by atoms with Gasteiger partial charge in [-0.15, -0.1) is 11.3 Å². The Balaban J connectivity index is 1.21. The van der Waals surface area contributed by atoms with Gasteiger partial charge >= 0.3 is 5.97 Å². The zero-order chi connectivity index (χ0) is 42.4. The molecule has 1 aliphatic rings. The topological polar surface area (TPSA) is 84.5 Å². The minimum atomic E-state index is -0.673. The number of ether oxygens (including phenoxy) is 6. The van der Waals surface area contributed by atoms with Crippen LogP contribution < -0.4 is 5.32 Å². The van der Waals surface area contributed by atoms with E-state index in [4.69, 9.17) is 28.4 Å². The number of hydrogen-bond donors (Lipinski definition) is 1. The second-order valence-corrected chi connectivity index (χ2v) is 16.6. The minimum Gasteiger partial charge on any atom is -0.465 e. The molecule has 9 heteroatoms. The summed E-state index contributed by atoms with van der Waals surface area (Å²) in [5.74, 6) is -0.347. The summed E-state index contributed by atoms with van der Waals surface area (Å²) in [7, 11) is 0. The number of carbonyl (C=O) groups excluding carboxylic acids is 1. The van der Waals surface area contributed by atoms with Crippen LogP contribution in [0.1, 0.15) is 51.3 Å². The summed E-state index contributed by atoms with van der Waals surface area (Å²) >= 11 is 1.79. The van der Waals surface area contributed by atoms with E-state index in [0.717, 1.165) is 39.1 Å². The smallest absolute Gasteiger partial charge is 0.325 e. The van der Waals surface area contributed by atoms with Crippen LogP contribution in [0, 0.1) is 0 Å². The van der Waals surface area contributed by atoms with E-state index in [1.54, 1.807) is 11.3 Å². The second-order valence-electron chi connectivity index (χ2n) is 15.4. The van der Waals surface area contributed by atoms with Crippen LogP contribution in [0.25, 0.3) is 10.1 Å². The van der Waals surface area contributed by atoms with Gasteiger partial charge in [0.1, 0.15) is 37.1 Å². The molecule has 62 heavy (non-hydrogen) atoms. The number of carbonyl (C=O) groups is 1. The Hall–Kier alpha value is -5.65. The molecule has 0 aliphatic carbocycles. The Labute approximate surface area is 368 Å². The summed E-state index contributed by atoms with van der Waals surface area (Å²) in [6.07, 6.45) is -2.40. The van der Waals surface area contributed by atoms with Crippen LogP contribution in [0.3, 0.4) is 0 Å². The van der Waals surface area contributed by atoms with E-state index < -0.39 is 30.5 Å². The van der Waals surface area contributed by atoms with Gasteiger partial charge in [-0.2, -0.15) is 0 Å². The maximum absolute atomic E-state index is 12.8. The first-order valence-electron chi connectivity index (χ1n) is 21.3. The molecule has 0 saturated carbocycles. The molecule has 8 rings (SSSR count). The predicted octanol–water partition coefficient (Wildman–Crippen LogP) is 10.9. The Morgan fingerprint density at radius 3 is 1.74 bits per heavy atom. The third-order valence-corrected chi connectivity index (χ3v) is 12.0. The molecule has 0 spiro atoms. The van der Waals surface area contributed by atoms with Crippen molar-refractivity contribution in [2.24, 2.45) is 0 Å². The molecule has 1 aromatic heterocycles. The molecule has 0 bridgehead atoms. The van der Waals surface area contributed by atoms with Crippen molar-refractivity contribution in [2.75, 3.05) is 25.1 Å². The number of hydrogen-bond acceptors (Lipinski definition) is 9. The third kappa shape index (κ3) is 11.6. The van der Waals surface area contributed by atoms with Gasteiger partial charge in [0.2, 0.25) is 0 Å². The maximum Gasteiger partial charge on any atom is 0.325 e. The van der Waals surface area contributed by atoms with Gasteiger partial charge in [0, 0.05) is 27.2 Å². The monoisotopic (exact) mass is 847 g/mol. The van der Waals surface area contributed by atoms with Crippen molar-refractivity contribution < 1.29 is 33.2 Å². The SMILES string of the molecule is CCOC(=O)CNc1ccc(Cc2cc3ccccc3s2)cc1[C@@H]1O[C@H](COCc2ccccc2)[C@@H](OCc2ccccc2)[C@H](OCc2ccccc2)[C@H]1OCc1ccccc1. The van der Waals surface area contributed by atoms with Crippen molar-refractivity contribution in [3.8, 4) is 0 Å². The molecule has 318 valence electrons. The van der Waals surface area contributed by atoms with Crippen molar-refractivity contribution in [1.29, 1.82) is 0 Å². The van der Waals surface area contributed by atoms with Crippen molar-refractivity contribution in [2.45, 2.75) is 70.3 Å². The van der Waals surface area contributed by atoms with E-state index in [1.807, 2.05) is 85.8 Å². The molecule has 6 aromatic carbocycles. The molecule has 0 unspecified atom stereocenters. The van der Waals surface area contributed by atoms with Crippen molar-refractivity contribution in [3.63, 3.8) is 0 Å². The van der Waals surface area contributed by atoms with Crippen LogP contribution in [0.5, 0.6) is 0 Å². The highest BCUT2D eigenvalue weighted by Gasteiger charge is 2.49. The molecule has 2 heterocycles. The van der Waals surface area contributed by atoms with E-state index in [-0.39, 0.29) is 25.7 Å². The highest BCUT2D eigenvalue weighted by molar-refractivity contribution is 7.19. The highest BCUT2D eigenvalue weighted by atomic mass is 32.1. The highest BCUT2D eigenvalue weighted by Crippen LogP contribution is 2.42. The van der Waals surface area contributed by atoms with E-state index in [2.05, 4.69) is 96.3 Å². The Bertz CT molecular complexity index is 2400. The molecule has 1 fully saturated rings. The average molecular weight is 848 g/mol. The molecule has 0 amide bonds. The summed E-state index contributed by atoms with van der Waals surface area (Å²) in [6, 6.07) is 57.6. The molecule has 5 atom stereocenters. The van der Waals surface area contributed by atoms with Crippen molar-refractivity contribution in [1.82, 2.24) is 0 Å². The molecule has 1 aliphatic heterocycles. The fourth-order valence-corrected chi connectivity index (χ4v) is 8.96. The summed E-state index contributed by atoms with van der Waals surface area (Å²) < 4.78 is 41.5. The first kappa shape index (κ1) is 43.0. The fourth-order valence-electron chi connectivity index (χ4n) is 7.86. The van der Waals surface area contributed by atoms with Gasteiger partial charge in [-0.05, 0) is 58.3 Å². The van der Waals surface area contributed by atoms with E-state index >= 15 is 0 Å². The maximum atomic E-state index is 12.8. The van der Waals surface area contributed by atoms with E-state index in [0.29, 0.717) is 32.8 Å². The fraction of sp³-hybridized carbons (Fsp3) is 0.264. The van der Waals surface area contributed by atoms with Crippen LogP contribution in [0.4, 0.5) is 5.69 Å². The van der Waals surface area contributed by atoms with Gasteiger partial charge in [-0.25, -0.2) is 0 Å². The standard InChI is InChI=1S/C53H53NO7S/c1-2-57-49(55)32-54-46-28-27-42(29-44-31-43-25-15-16-26-48(43)62-44)30-45(46)50-52(59-35-40-21-11-5-12-22-40)53(60-36-41-23-13-6-14-24-41)51(58-34-39-19-9-4-10-20-39)47(61-50)37-56-33-38-17-7-3-8-18-38/h3-28,30-31,47,50-54H,2,29,32-37H2,1H3/t47-,50+,51-,52+,53+/m1/s1.